The zero-order valence-corrected chi connectivity index (χ0v) is 9.86. The smallest absolute Gasteiger partial charge is 0.135 e. The molecule has 0 atom stereocenters. The maximum atomic E-state index is 5.03. The van der Waals surface area contributed by atoms with Gasteiger partial charge in [-0.05, 0) is 28.4 Å². The fourth-order valence-corrected chi connectivity index (χ4v) is 1.05. The Morgan fingerprint density at radius 1 is 1.42 bits per heavy atom. The minimum atomic E-state index is 0.743. The van der Waals surface area contributed by atoms with Gasteiger partial charge in [0, 0.05) is 0 Å². The summed E-state index contributed by atoms with van der Waals surface area (Å²) in [5, 5.41) is 0. The van der Waals surface area contributed by atoms with E-state index in [0.717, 1.165) is 15.8 Å². The van der Waals surface area contributed by atoms with Gasteiger partial charge in [0.25, 0.3) is 0 Å². The summed E-state index contributed by atoms with van der Waals surface area (Å²) in [4.78, 5) is 0. The molecule has 0 amide bonds. The summed E-state index contributed by atoms with van der Waals surface area (Å²) in [6.45, 7) is 13.2. The van der Waals surface area contributed by atoms with Gasteiger partial charge >= 0.3 is 0 Å². The topological polar surface area (TPSA) is 9.23 Å². The van der Waals surface area contributed by atoms with Crippen molar-refractivity contribution in [2.45, 2.75) is 20.8 Å². The van der Waals surface area contributed by atoms with Gasteiger partial charge in [0.15, 0.2) is 0 Å². The van der Waals surface area contributed by atoms with E-state index < -0.39 is 0 Å². The largest absolute Gasteiger partial charge is 0.495 e. The SMILES string of the molecule is C=C/C(C)=C(/OC)C(=C)Br.CC. The highest BCUT2D eigenvalue weighted by Gasteiger charge is 2.00. The summed E-state index contributed by atoms with van der Waals surface area (Å²) in [5.41, 5.74) is 0.976. The molecule has 0 bridgehead atoms. The Balaban J connectivity index is 0. The molecule has 0 unspecified atom stereocenters. The third kappa shape index (κ3) is 5.19. The van der Waals surface area contributed by atoms with Crippen molar-refractivity contribution in [3.8, 4) is 0 Å². The van der Waals surface area contributed by atoms with E-state index in [0.29, 0.717) is 0 Å². The van der Waals surface area contributed by atoms with E-state index in [1.807, 2.05) is 20.8 Å². The molecule has 0 spiro atoms. The van der Waals surface area contributed by atoms with Crippen LogP contribution in [0.2, 0.25) is 0 Å². The first kappa shape index (κ1) is 14.0. The monoisotopic (exact) mass is 232 g/mol. The van der Waals surface area contributed by atoms with Gasteiger partial charge in [-0.3, -0.25) is 0 Å². The molecule has 0 saturated carbocycles. The van der Waals surface area contributed by atoms with Crippen LogP contribution in [0.4, 0.5) is 0 Å². The molecule has 70 valence electrons. The molecule has 0 aliphatic carbocycles. The first-order valence-corrected chi connectivity index (χ1v) is 4.64. The predicted octanol–water partition coefficient (Wildman–Crippen LogP) is 4.03. The quantitative estimate of drug-likeness (QED) is 0.528. The molecule has 2 heteroatoms. The van der Waals surface area contributed by atoms with Gasteiger partial charge in [-0.25, -0.2) is 0 Å². The van der Waals surface area contributed by atoms with Gasteiger partial charge in [-0.2, -0.15) is 0 Å². The predicted molar refractivity (Wildman–Crippen MR) is 59.3 cm³/mol. The summed E-state index contributed by atoms with van der Waals surface area (Å²) in [6, 6.07) is 0. The van der Waals surface area contributed by atoms with E-state index in [1.165, 1.54) is 0 Å². The van der Waals surface area contributed by atoms with E-state index >= 15 is 0 Å². The molecule has 0 aliphatic heterocycles. The molecular weight excluding hydrogens is 216 g/mol. The molecule has 0 rings (SSSR count). The average molecular weight is 233 g/mol. The second-order valence-corrected chi connectivity index (χ2v) is 2.78. The van der Waals surface area contributed by atoms with Crippen LogP contribution in [0.5, 0.6) is 0 Å². The lowest BCUT2D eigenvalue weighted by Gasteiger charge is -2.05. The summed E-state index contributed by atoms with van der Waals surface area (Å²) in [6.07, 6.45) is 1.73. The Bertz CT molecular complexity index is 180. The van der Waals surface area contributed by atoms with Crippen LogP contribution in [0.1, 0.15) is 20.8 Å². The molecule has 0 aromatic heterocycles. The molecule has 0 N–H and O–H groups in total. The van der Waals surface area contributed by atoms with Gasteiger partial charge in [0.2, 0.25) is 0 Å². The minimum absolute atomic E-state index is 0.743. The van der Waals surface area contributed by atoms with Gasteiger partial charge in [0.1, 0.15) is 5.76 Å². The third-order valence-electron chi connectivity index (χ3n) is 1.11. The van der Waals surface area contributed by atoms with Crippen LogP contribution in [0.15, 0.2) is 35.0 Å². The van der Waals surface area contributed by atoms with Crippen molar-refractivity contribution in [1.29, 1.82) is 0 Å². The normalized spacial score (nSPS) is 10.4. The zero-order valence-electron chi connectivity index (χ0n) is 8.28. The van der Waals surface area contributed by atoms with Crippen LogP contribution in [0.25, 0.3) is 0 Å². The Hall–Kier alpha value is -0.500. The molecule has 0 heterocycles. The Morgan fingerprint density at radius 2 is 1.83 bits per heavy atom. The van der Waals surface area contributed by atoms with E-state index in [-0.39, 0.29) is 0 Å². The van der Waals surface area contributed by atoms with Crippen LogP contribution in [0.3, 0.4) is 0 Å². The standard InChI is InChI=1S/C8H11BrO.C2H6/c1-5-6(2)8(10-4)7(3)9;1-2/h5H,1,3H2,2,4H3;1-2H3/b8-6+;. The Kier molecular flexibility index (Phi) is 10.1. The van der Waals surface area contributed by atoms with Crippen LogP contribution >= 0.6 is 15.9 Å². The van der Waals surface area contributed by atoms with Crippen LogP contribution < -0.4 is 0 Å². The zero-order chi connectivity index (χ0) is 10.1. The Morgan fingerprint density at radius 3 is 1.92 bits per heavy atom. The molecule has 0 fully saturated rings. The molecule has 0 radical (unpaired) electrons. The van der Waals surface area contributed by atoms with Crippen molar-refractivity contribution in [2.75, 3.05) is 7.11 Å². The van der Waals surface area contributed by atoms with Gasteiger partial charge < -0.3 is 4.74 Å². The van der Waals surface area contributed by atoms with Gasteiger partial charge in [-0.1, -0.05) is 33.1 Å². The number of allylic oxidation sites excluding steroid dienone is 3. The van der Waals surface area contributed by atoms with Crippen molar-refractivity contribution < 1.29 is 4.74 Å². The van der Waals surface area contributed by atoms with E-state index in [1.54, 1.807) is 13.2 Å². The number of ether oxygens (including phenoxy) is 1. The van der Waals surface area contributed by atoms with Crippen molar-refractivity contribution in [1.82, 2.24) is 0 Å². The number of halogens is 1. The molecular formula is C10H17BrO. The van der Waals surface area contributed by atoms with E-state index in [9.17, 15) is 0 Å². The fourth-order valence-electron chi connectivity index (χ4n) is 0.578. The highest BCUT2D eigenvalue weighted by Crippen LogP contribution is 2.19. The molecule has 0 aliphatic rings. The van der Waals surface area contributed by atoms with Crippen molar-refractivity contribution in [3.63, 3.8) is 0 Å². The number of hydrogen-bond acceptors (Lipinski definition) is 1. The molecule has 12 heavy (non-hydrogen) atoms. The fraction of sp³-hybridized carbons (Fsp3) is 0.400. The second kappa shape index (κ2) is 8.60. The minimum Gasteiger partial charge on any atom is -0.495 e. The third-order valence-corrected chi connectivity index (χ3v) is 1.47. The number of hydrogen-bond donors (Lipinski definition) is 0. The average Bonchev–Trinajstić information content (AvgIpc) is 2.08. The van der Waals surface area contributed by atoms with Crippen LogP contribution in [-0.2, 0) is 4.74 Å². The first-order chi connectivity index (χ1) is 5.63. The lowest BCUT2D eigenvalue weighted by Crippen LogP contribution is -1.88. The van der Waals surface area contributed by atoms with Crippen LogP contribution in [0, 0.1) is 0 Å². The maximum absolute atomic E-state index is 5.03. The lowest BCUT2D eigenvalue weighted by molar-refractivity contribution is 0.302. The van der Waals surface area contributed by atoms with Crippen molar-refractivity contribution in [3.05, 3.63) is 35.0 Å². The molecule has 0 aromatic rings. The Labute approximate surface area is 83.9 Å². The van der Waals surface area contributed by atoms with Crippen molar-refractivity contribution >= 4 is 15.9 Å². The molecule has 0 aromatic carbocycles. The first-order valence-electron chi connectivity index (χ1n) is 3.85. The lowest BCUT2D eigenvalue weighted by atomic mass is 10.2. The second-order valence-electron chi connectivity index (χ2n) is 1.83. The number of methoxy groups -OCH3 is 1. The highest BCUT2D eigenvalue weighted by molar-refractivity contribution is 9.11. The summed E-state index contributed by atoms with van der Waals surface area (Å²) in [5.74, 6) is 0.745. The molecule has 0 saturated heterocycles. The summed E-state index contributed by atoms with van der Waals surface area (Å²) >= 11 is 3.22. The van der Waals surface area contributed by atoms with Crippen molar-refractivity contribution in [2.24, 2.45) is 0 Å². The van der Waals surface area contributed by atoms with E-state index in [4.69, 9.17) is 4.74 Å². The summed E-state index contributed by atoms with van der Waals surface area (Å²) < 4.78 is 5.77. The molecule has 1 nitrogen and oxygen atoms in total. The van der Waals surface area contributed by atoms with Gasteiger partial charge in [-0.15, -0.1) is 0 Å². The van der Waals surface area contributed by atoms with Gasteiger partial charge in [0.05, 0.1) is 11.6 Å². The van der Waals surface area contributed by atoms with Crippen LogP contribution in [-0.4, -0.2) is 7.11 Å². The summed E-state index contributed by atoms with van der Waals surface area (Å²) in [7, 11) is 1.61. The highest BCUT2D eigenvalue weighted by atomic mass is 79.9. The van der Waals surface area contributed by atoms with E-state index in [2.05, 4.69) is 29.1 Å². The number of rotatable bonds is 3. The maximum Gasteiger partial charge on any atom is 0.135 e.